The highest BCUT2D eigenvalue weighted by Gasteiger charge is 2.46. The standard InChI is InChI=1S/C41H49F2N9O5/c42-31-24-29(45-33-12-14-35(53)48-37(33)54)11-13-34(31)50-17-19-51(20-18-50)41(15-2-1-3-16-41)38(55)46-27-7-9-28(10-8-27)47-39-44-25-32(43)36(49-39)26-5-4-6-30(23-26)52-21-22-57-40(52)56/h4-6,11,13,23-25,27-28,33,45H,1-3,7-10,12,14-22H2,(H,46,55)(H,44,47,49)(H,48,53,54). The van der Waals surface area contributed by atoms with Crippen LogP contribution in [0.3, 0.4) is 0 Å². The highest BCUT2D eigenvalue weighted by atomic mass is 19.1. The maximum atomic E-state index is 15.4. The van der Waals surface area contributed by atoms with Gasteiger partial charge in [0.25, 0.3) is 0 Å². The highest BCUT2D eigenvalue weighted by molar-refractivity contribution is 6.01. The van der Waals surface area contributed by atoms with Crippen molar-refractivity contribution in [3.8, 4) is 11.3 Å². The molecule has 4 N–H and O–H groups in total. The molecule has 2 aliphatic carbocycles. The van der Waals surface area contributed by atoms with Gasteiger partial charge in [-0.3, -0.25) is 29.5 Å². The first-order valence-electron chi connectivity index (χ1n) is 20.2. The Kier molecular flexibility index (Phi) is 11.2. The zero-order valence-corrected chi connectivity index (χ0v) is 31.9. The molecular weight excluding hydrogens is 737 g/mol. The van der Waals surface area contributed by atoms with Crippen LogP contribution in [0.2, 0.25) is 0 Å². The molecular formula is C41H49F2N9O5. The second-order valence-corrected chi connectivity index (χ2v) is 15.8. The van der Waals surface area contributed by atoms with Crippen LogP contribution in [0.25, 0.3) is 11.3 Å². The van der Waals surface area contributed by atoms with Crippen molar-refractivity contribution in [2.24, 2.45) is 0 Å². The van der Waals surface area contributed by atoms with Gasteiger partial charge >= 0.3 is 6.09 Å². The largest absolute Gasteiger partial charge is 0.447 e. The van der Waals surface area contributed by atoms with E-state index in [4.69, 9.17) is 4.74 Å². The molecule has 3 saturated heterocycles. The van der Waals surface area contributed by atoms with E-state index >= 15 is 4.39 Å². The van der Waals surface area contributed by atoms with E-state index < -0.39 is 29.4 Å². The van der Waals surface area contributed by atoms with Gasteiger partial charge in [0.1, 0.15) is 29.7 Å². The maximum Gasteiger partial charge on any atom is 0.414 e. The summed E-state index contributed by atoms with van der Waals surface area (Å²) in [5, 5.41) is 12.2. The number of piperazine rings is 1. The number of halogens is 2. The van der Waals surface area contributed by atoms with E-state index in [0.717, 1.165) is 64.0 Å². The average Bonchev–Trinajstić information content (AvgIpc) is 3.66. The number of carbonyl (C=O) groups excluding carboxylic acids is 4. The number of nitrogens with one attached hydrogen (secondary N) is 4. The third kappa shape index (κ3) is 8.36. The number of hydrogen-bond donors (Lipinski definition) is 4. The number of amides is 4. The smallest absolute Gasteiger partial charge is 0.414 e. The van der Waals surface area contributed by atoms with Gasteiger partial charge in [-0.15, -0.1) is 0 Å². The first-order valence-corrected chi connectivity index (χ1v) is 20.2. The molecule has 57 heavy (non-hydrogen) atoms. The van der Waals surface area contributed by atoms with Crippen LogP contribution in [0.5, 0.6) is 0 Å². The summed E-state index contributed by atoms with van der Waals surface area (Å²) in [4.78, 5) is 64.6. The number of ether oxygens (including phenoxy) is 1. The second-order valence-electron chi connectivity index (χ2n) is 15.8. The number of piperidine rings is 1. The normalized spacial score (nSPS) is 24.1. The van der Waals surface area contributed by atoms with Crippen LogP contribution in [0.1, 0.15) is 70.6 Å². The second kappa shape index (κ2) is 16.6. The lowest BCUT2D eigenvalue weighted by Crippen LogP contribution is -2.65. The van der Waals surface area contributed by atoms with Gasteiger partial charge in [-0.25, -0.2) is 23.5 Å². The van der Waals surface area contributed by atoms with Crippen LogP contribution >= 0.6 is 0 Å². The summed E-state index contributed by atoms with van der Waals surface area (Å²) in [6.45, 7) is 3.16. The zero-order valence-electron chi connectivity index (χ0n) is 31.9. The van der Waals surface area contributed by atoms with Crippen molar-refractivity contribution in [3.05, 3.63) is 60.3 Å². The molecule has 2 saturated carbocycles. The summed E-state index contributed by atoms with van der Waals surface area (Å²) in [5.41, 5.74) is 1.65. The molecule has 1 aromatic heterocycles. The number of aromatic nitrogens is 2. The Morgan fingerprint density at radius 2 is 1.63 bits per heavy atom. The lowest BCUT2D eigenvalue weighted by Gasteiger charge is -2.49. The summed E-state index contributed by atoms with van der Waals surface area (Å²) >= 11 is 0. The monoisotopic (exact) mass is 785 g/mol. The van der Waals surface area contributed by atoms with Gasteiger partial charge in [-0.1, -0.05) is 31.4 Å². The predicted octanol–water partition coefficient (Wildman–Crippen LogP) is 4.96. The lowest BCUT2D eigenvalue weighted by molar-refractivity contribution is -0.137. The maximum absolute atomic E-state index is 15.4. The summed E-state index contributed by atoms with van der Waals surface area (Å²) in [5.74, 6) is -1.25. The minimum atomic E-state index is -0.599. The van der Waals surface area contributed by atoms with Gasteiger partial charge < -0.3 is 25.6 Å². The Morgan fingerprint density at radius 3 is 2.35 bits per heavy atom. The lowest BCUT2D eigenvalue weighted by atomic mass is 9.78. The topological polar surface area (TPSA) is 161 Å². The molecule has 4 amide bonds. The third-order valence-corrected chi connectivity index (χ3v) is 12.2. The SMILES string of the molecule is O=C1CCC(Nc2ccc(N3CCN(C4(C(=O)NC5CCC(Nc6ncc(F)c(-c7cccc(N8CCOC8=O)c7)n6)CC5)CCCCC4)CC3)c(F)c2)C(=O)N1. The van der Waals surface area contributed by atoms with Crippen LogP contribution in [0.15, 0.2) is 48.7 Å². The van der Waals surface area contributed by atoms with E-state index in [1.54, 1.807) is 36.4 Å². The minimum absolute atomic E-state index is 0.0294. The van der Waals surface area contributed by atoms with Crippen LogP contribution in [0, 0.1) is 11.6 Å². The molecule has 2 aromatic carbocycles. The predicted molar refractivity (Wildman–Crippen MR) is 210 cm³/mol. The third-order valence-electron chi connectivity index (χ3n) is 12.2. The molecule has 3 aromatic rings. The van der Waals surface area contributed by atoms with Gasteiger partial charge in [0.2, 0.25) is 23.7 Å². The Morgan fingerprint density at radius 1 is 0.860 bits per heavy atom. The highest BCUT2D eigenvalue weighted by Crippen LogP contribution is 2.37. The van der Waals surface area contributed by atoms with Crippen molar-refractivity contribution >= 4 is 46.8 Å². The van der Waals surface area contributed by atoms with E-state index in [1.807, 2.05) is 4.90 Å². The Bertz CT molecular complexity index is 2000. The number of benzene rings is 2. The van der Waals surface area contributed by atoms with Crippen molar-refractivity contribution in [1.82, 2.24) is 25.5 Å². The van der Waals surface area contributed by atoms with Crippen molar-refractivity contribution < 1.29 is 32.7 Å². The van der Waals surface area contributed by atoms with Crippen molar-refractivity contribution in [2.75, 3.05) is 59.8 Å². The number of rotatable bonds is 10. The molecule has 1 atom stereocenters. The summed E-state index contributed by atoms with van der Waals surface area (Å²) in [6.07, 6.45) is 9.10. The van der Waals surface area contributed by atoms with Gasteiger partial charge in [0, 0.05) is 61.6 Å². The minimum Gasteiger partial charge on any atom is -0.447 e. The number of carbonyl (C=O) groups is 4. The Hall–Kier alpha value is -5.38. The molecule has 3 aliphatic heterocycles. The number of imide groups is 1. The fourth-order valence-electron chi connectivity index (χ4n) is 9.06. The van der Waals surface area contributed by atoms with Crippen LogP contribution in [-0.2, 0) is 19.1 Å². The number of anilines is 4. The molecule has 16 heteroatoms. The van der Waals surface area contributed by atoms with E-state index in [0.29, 0.717) is 74.3 Å². The first kappa shape index (κ1) is 38.5. The van der Waals surface area contributed by atoms with Gasteiger partial charge in [-0.05, 0) is 75.3 Å². The first-order chi connectivity index (χ1) is 27.6. The van der Waals surface area contributed by atoms with E-state index in [-0.39, 0.29) is 41.8 Å². The van der Waals surface area contributed by atoms with Crippen LogP contribution in [0.4, 0.5) is 36.6 Å². The molecule has 5 fully saturated rings. The molecule has 0 spiro atoms. The van der Waals surface area contributed by atoms with Crippen LogP contribution < -0.4 is 31.1 Å². The number of hydrogen-bond acceptors (Lipinski definition) is 11. The fraction of sp³-hybridized carbons (Fsp3) is 0.512. The Balaban J connectivity index is 0.848. The summed E-state index contributed by atoms with van der Waals surface area (Å²) in [6, 6.07) is 11.4. The molecule has 5 aliphatic rings. The molecule has 1 unspecified atom stereocenters. The van der Waals surface area contributed by atoms with Crippen molar-refractivity contribution in [3.63, 3.8) is 0 Å². The number of cyclic esters (lactones) is 1. The van der Waals surface area contributed by atoms with E-state index in [1.165, 1.54) is 11.0 Å². The summed E-state index contributed by atoms with van der Waals surface area (Å²) < 4.78 is 35.5. The zero-order chi connectivity index (χ0) is 39.5. The van der Waals surface area contributed by atoms with E-state index in [2.05, 4.69) is 36.1 Å². The quantitative estimate of drug-likeness (QED) is 0.206. The number of nitrogens with zero attached hydrogens (tertiary/aromatic N) is 5. The molecule has 8 rings (SSSR count). The average molecular weight is 786 g/mol. The molecule has 4 heterocycles. The summed E-state index contributed by atoms with van der Waals surface area (Å²) in [7, 11) is 0. The molecule has 302 valence electrons. The van der Waals surface area contributed by atoms with Gasteiger partial charge in [0.15, 0.2) is 5.82 Å². The molecule has 0 radical (unpaired) electrons. The molecule has 14 nitrogen and oxygen atoms in total. The van der Waals surface area contributed by atoms with Crippen molar-refractivity contribution in [2.45, 2.75) is 94.3 Å². The van der Waals surface area contributed by atoms with Crippen molar-refractivity contribution in [1.29, 1.82) is 0 Å². The van der Waals surface area contributed by atoms with Gasteiger partial charge in [-0.2, -0.15) is 0 Å². The van der Waals surface area contributed by atoms with Gasteiger partial charge in [0.05, 0.1) is 18.4 Å². The Labute approximate surface area is 330 Å². The van der Waals surface area contributed by atoms with Crippen LogP contribution in [-0.4, -0.2) is 102 Å². The molecule has 0 bridgehead atoms. The van der Waals surface area contributed by atoms with E-state index in [9.17, 15) is 23.6 Å². The fourth-order valence-corrected chi connectivity index (χ4v) is 9.06.